The highest BCUT2D eigenvalue weighted by molar-refractivity contribution is 5.07. The highest BCUT2D eigenvalue weighted by Crippen LogP contribution is 2.07. The minimum atomic E-state index is 0.237. The van der Waals surface area contributed by atoms with Crippen molar-refractivity contribution in [2.24, 2.45) is 0 Å². The summed E-state index contributed by atoms with van der Waals surface area (Å²) < 4.78 is 5.15. The molecule has 0 aliphatic carbocycles. The van der Waals surface area contributed by atoms with Crippen LogP contribution in [0.3, 0.4) is 0 Å². The van der Waals surface area contributed by atoms with E-state index in [1.54, 1.807) is 7.11 Å². The number of ether oxygens (including phenoxy) is 1. The molecule has 0 saturated heterocycles. The van der Waals surface area contributed by atoms with Crippen LogP contribution in [0.15, 0.2) is 24.4 Å². The van der Waals surface area contributed by atoms with Gasteiger partial charge in [0.15, 0.2) is 0 Å². The summed E-state index contributed by atoms with van der Waals surface area (Å²) in [4.78, 5) is 4.28. The lowest BCUT2D eigenvalue weighted by Gasteiger charge is -2.16. The predicted octanol–water partition coefficient (Wildman–Crippen LogP) is 1.77. The summed E-state index contributed by atoms with van der Waals surface area (Å²) in [7, 11) is 1.72. The van der Waals surface area contributed by atoms with Crippen LogP contribution in [0.2, 0.25) is 0 Å². The Balaban J connectivity index is 2.39. The molecule has 0 fully saturated rings. The van der Waals surface area contributed by atoms with E-state index in [9.17, 15) is 0 Å². The molecule has 0 aliphatic rings. The van der Waals surface area contributed by atoms with Crippen LogP contribution in [0.25, 0.3) is 0 Å². The van der Waals surface area contributed by atoms with Crippen molar-refractivity contribution in [1.82, 2.24) is 10.3 Å². The van der Waals surface area contributed by atoms with Gasteiger partial charge in [-0.25, -0.2) is 0 Å². The topological polar surface area (TPSA) is 34.1 Å². The molecule has 1 rings (SSSR count). The summed E-state index contributed by atoms with van der Waals surface area (Å²) in [5.74, 6) is 0. The monoisotopic (exact) mass is 194 g/mol. The first-order chi connectivity index (χ1) is 6.74. The molecule has 2 atom stereocenters. The van der Waals surface area contributed by atoms with Crippen molar-refractivity contribution in [2.75, 3.05) is 13.7 Å². The zero-order chi connectivity index (χ0) is 10.4. The van der Waals surface area contributed by atoms with Gasteiger partial charge < -0.3 is 10.1 Å². The van der Waals surface area contributed by atoms with E-state index in [0.29, 0.717) is 0 Å². The second kappa shape index (κ2) is 5.73. The lowest BCUT2D eigenvalue weighted by Crippen LogP contribution is -2.28. The fraction of sp³-hybridized carbons (Fsp3) is 0.545. The van der Waals surface area contributed by atoms with Crippen LogP contribution in [0.5, 0.6) is 0 Å². The first-order valence-corrected chi connectivity index (χ1v) is 4.91. The van der Waals surface area contributed by atoms with Crippen molar-refractivity contribution in [3.63, 3.8) is 0 Å². The van der Waals surface area contributed by atoms with Gasteiger partial charge in [0, 0.05) is 25.9 Å². The van der Waals surface area contributed by atoms with Gasteiger partial charge in [-0.3, -0.25) is 4.98 Å². The molecule has 14 heavy (non-hydrogen) atoms. The highest BCUT2D eigenvalue weighted by atomic mass is 16.5. The number of nitrogens with one attached hydrogen (secondary N) is 1. The van der Waals surface area contributed by atoms with Gasteiger partial charge in [-0.1, -0.05) is 6.07 Å². The van der Waals surface area contributed by atoms with Gasteiger partial charge >= 0.3 is 0 Å². The van der Waals surface area contributed by atoms with Crippen LogP contribution >= 0.6 is 0 Å². The van der Waals surface area contributed by atoms with Crippen LogP contribution in [-0.2, 0) is 4.74 Å². The Morgan fingerprint density at radius 1 is 1.43 bits per heavy atom. The Labute approximate surface area is 85.5 Å². The van der Waals surface area contributed by atoms with E-state index in [-0.39, 0.29) is 12.1 Å². The number of nitrogens with zero attached hydrogens (tertiary/aromatic N) is 1. The van der Waals surface area contributed by atoms with Gasteiger partial charge in [0.2, 0.25) is 0 Å². The normalized spacial score (nSPS) is 15.1. The summed E-state index contributed by atoms with van der Waals surface area (Å²) >= 11 is 0. The van der Waals surface area contributed by atoms with Gasteiger partial charge in [0.25, 0.3) is 0 Å². The molecule has 0 aliphatic heterocycles. The number of hydrogen-bond acceptors (Lipinski definition) is 3. The van der Waals surface area contributed by atoms with Gasteiger partial charge in [0.1, 0.15) is 0 Å². The number of rotatable bonds is 5. The maximum absolute atomic E-state index is 5.15. The minimum Gasteiger partial charge on any atom is -0.380 e. The molecule has 2 unspecified atom stereocenters. The molecule has 1 aromatic heterocycles. The maximum atomic E-state index is 5.15. The Morgan fingerprint density at radius 2 is 2.21 bits per heavy atom. The lowest BCUT2D eigenvalue weighted by atomic mass is 10.2. The lowest BCUT2D eigenvalue weighted by molar-refractivity contribution is 0.114. The van der Waals surface area contributed by atoms with Crippen molar-refractivity contribution in [3.8, 4) is 0 Å². The third-order valence-electron chi connectivity index (χ3n) is 2.25. The van der Waals surface area contributed by atoms with Crippen molar-refractivity contribution in [3.05, 3.63) is 30.1 Å². The van der Waals surface area contributed by atoms with Crippen molar-refractivity contribution < 1.29 is 4.74 Å². The standard InChI is InChI=1S/C11H18N2O/c1-9(14-3)8-13-10(2)11-6-4-5-7-12-11/h4-7,9-10,13H,8H2,1-3H3. The summed E-state index contributed by atoms with van der Waals surface area (Å²) in [5, 5.41) is 3.36. The first kappa shape index (κ1) is 11.1. The molecule has 0 spiro atoms. The van der Waals surface area contributed by atoms with Crippen molar-refractivity contribution in [1.29, 1.82) is 0 Å². The van der Waals surface area contributed by atoms with Crippen LogP contribution in [0.1, 0.15) is 25.6 Å². The van der Waals surface area contributed by atoms with Crippen LogP contribution in [0, 0.1) is 0 Å². The number of hydrogen-bond donors (Lipinski definition) is 1. The molecule has 0 radical (unpaired) electrons. The van der Waals surface area contributed by atoms with E-state index in [2.05, 4.69) is 17.2 Å². The Kier molecular flexibility index (Phi) is 4.56. The van der Waals surface area contributed by atoms with Crippen molar-refractivity contribution >= 4 is 0 Å². The minimum absolute atomic E-state index is 0.237. The zero-order valence-corrected chi connectivity index (χ0v) is 9.03. The second-order valence-electron chi connectivity index (χ2n) is 3.43. The molecule has 3 nitrogen and oxygen atoms in total. The smallest absolute Gasteiger partial charge is 0.0667 e. The molecular weight excluding hydrogens is 176 g/mol. The molecule has 78 valence electrons. The molecule has 0 bridgehead atoms. The van der Waals surface area contributed by atoms with E-state index in [0.717, 1.165) is 12.2 Å². The fourth-order valence-corrected chi connectivity index (χ4v) is 1.16. The van der Waals surface area contributed by atoms with Gasteiger partial charge in [-0.2, -0.15) is 0 Å². The molecule has 0 amide bonds. The number of pyridine rings is 1. The van der Waals surface area contributed by atoms with Crippen LogP contribution in [-0.4, -0.2) is 24.7 Å². The van der Waals surface area contributed by atoms with Gasteiger partial charge in [-0.05, 0) is 26.0 Å². The van der Waals surface area contributed by atoms with Gasteiger partial charge in [-0.15, -0.1) is 0 Å². The number of aromatic nitrogens is 1. The zero-order valence-electron chi connectivity index (χ0n) is 9.03. The summed E-state index contributed by atoms with van der Waals surface area (Å²) in [6.45, 7) is 4.98. The molecule has 0 aromatic carbocycles. The third kappa shape index (κ3) is 3.44. The van der Waals surface area contributed by atoms with E-state index in [1.165, 1.54) is 0 Å². The average Bonchev–Trinajstić information content (AvgIpc) is 2.26. The molecule has 1 aromatic rings. The fourth-order valence-electron chi connectivity index (χ4n) is 1.16. The van der Waals surface area contributed by atoms with Crippen LogP contribution in [0.4, 0.5) is 0 Å². The van der Waals surface area contributed by atoms with E-state index in [4.69, 9.17) is 4.74 Å². The first-order valence-electron chi connectivity index (χ1n) is 4.91. The van der Waals surface area contributed by atoms with Crippen LogP contribution < -0.4 is 5.32 Å². The maximum Gasteiger partial charge on any atom is 0.0667 e. The van der Waals surface area contributed by atoms with E-state index in [1.807, 2.05) is 31.3 Å². The van der Waals surface area contributed by atoms with Crippen molar-refractivity contribution in [2.45, 2.75) is 26.0 Å². The largest absolute Gasteiger partial charge is 0.380 e. The predicted molar refractivity (Wildman–Crippen MR) is 57.1 cm³/mol. The summed E-state index contributed by atoms with van der Waals surface area (Å²) in [6.07, 6.45) is 2.05. The van der Waals surface area contributed by atoms with E-state index < -0.39 is 0 Å². The molecule has 3 heteroatoms. The molecular formula is C11H18N2O. The molecule has 1 heterocycles. The number of methoxy groups -OCH3 is 1. The highest BCUT2D eigenvalue weighted by Gasteiger charge is 2.06. The SMILES string of the molecule is COC(C)CNC(C)c1ccccn1. The summed E-state index contributed by atoms with van der Waals surface area (Å²) in [5.41, 5.74) is 1.07. The Hall–Kier alpha value is -0.930. The third-order valence-corrected chi connectivity index (χ3v) is 2.25. The molecule has 0 saturated carbocycles. The van der Waals surface area contributed by atoms with Gasteiger partial charge in [0.05, 0.1) is 11.8 Å². The van der Waals surface area contributed by atoms with E-state index >= 15 is 0 Å². The second-order valence-corrected chi connectivity index (χ2v) is 3.43. The summed E-state index contributed by atoms with van der Waals surface area (Å²) in [6, 6.07) is 6.22. The Bertz CT molecular complexity index is 251. The average molecular weight is 194 g/mol. The quantitative estimate of drug-likeness (QED) is 0.775. The Morgan fingerprint density at radius 3 is 2.79 bits per heavy atom. The molecule has 1 N–H and O–H groups in total.